The van der Waals surface area contributed by atoms with Gasteiger partial charge >= 0.3 is 0 Å². The smallest absolute Gasteiger partial charge is 0.221 e. The molecule has 92 valence electrons. The van der Waals surface area contributed by atoms with E-state index < -0.39 is 0 Å². The second-order valence-corrected chi connectivity index (χ2v) is 4.38. The van der Waals surface area contributed by atoms with Gasteiger partial charge in [-0.25, -0.2) is 0 Å². The maximum absolute atomic E-state index is 11.7. The molecule has 16 heavy (non-hydrogen) atoms. The van der Waals surface area contributed by atoms with Gasteiger partial charge in [0.1, 0.15) is 0 Å². The number of hydrogen-bond acceptors (Lipinski definition) is 4. The lowest BCUT2D eigenvalue weighted by atomic mass is 10.1. The summed E-state index contributed by atoms with van der Waals surface area (Å²) in [5.74, 6) is 0.120. The van der Waals surface area contributed by atoms with E-state index in [9.17, 15) is 4.79 Å². The molecule has 0 spiro atoms. The molecule has 0 radical (unpaired) electrons. The highest BCUT2D eigenvalue weighted by Gasteiger charge is 2.20. The monoisotopic (exact) mass is 228 g/mol. The van der Waals surface area contributed by atoms with Gasteiger partial charge in [0.05, 0.1) is 13.2 Å². The molecule has 0 aromatic carbocycles. The molecular formula is C11H20N2O3. The second kappa shape index (κ2) is 6.18. The Morgan fingerprint density at radius 1 is 1.25 bits per heavy atom. The number of morpholine rings is 1. The third kappa shape index (κ3) is 3.73. The maximum Gasteiger partial charge on any atom is 0.221 e. The number of carbonyl (C=O) groups is 1. The molecule has 0 aromatic heterocycles. The van der Waals surface area contributed by atoms with Crippen LogP contribution in [0.4, 0.5) is 0 Å². The van der Waals surface area contributed by atoms with E-state index in [1.807, 2.05) is 0 Å². The average Bonchev–Trinajstić information content (AvgIpc) is 2.31. The first-order chi connectivity index (χ1) is 7.84. The van der Waals surface area contributed by atoms with E-state index in [1.165, 1.54) is 0 Å². The lowest BCUT2D eigenvalue weighted by Crippen LogP contribution is -2.46. The number of ether oxygens (including phenoxy) is 2. The molecule has 2 saturated heterocycles. The van der Waals surface area contributed by atoms with Crippen LogP contribution in [0.2, 0.25) is 0 Å². The first kappa shape index (κ1) is 11.8. The van der Waals surface area contributed by atoms with Gasteiger partial charge in [-0.15, -0.1) is 0 Å². The minimum Gasteiger partial charge on any atom is -0.381 e. The molecule has 0 saturated carbocycles. The minimum absolute atomic E-state index is 0.120. The minimum atomic E-state index is 0.120. The van der Waals surface area contributed by atoms with Gasteiger partial charge in [-0.3, -0.25) is 4.79 Å². The standard InChI is InChI=1S/C11H20N2O3/c14-11(7-10-8-16-6-3-12-10)13-9-1-4-15-5-2-9/h9-10,12H,1-8H2,(H,13,14). The van der Waals surface area contributed by atoms with Crippen LogP contribution < -0.4 is 10.6 Å². The van der Waals surface area contributed by atoms with Crippen molar-refractivity contribution < 1.29 is 14.3 Å². The predicted octanol–water partition coefficient (Wildman–Crippen LogP) is -0.340. The van der Waals surface area contributed by atoms with Gasteiger partial charge in [0.15, 0.2) is 0 Å². The Balaban J connectivity index is 1.66. The largest absolute Gasteiger partial charge is 0.381 e. The molecule has 2 heterocycles. The first-order valence-corrected chi connectivity index (χ1v) is 6.03. The zero-order chi connectivity index (χ0) is 11.2. The van der Waals surface area contributed by atoms with Crippen molar-refractivity contribution in [2.75, 3.05) is 33.0 Å². The normalized spacial score (nSPS) is 27.6. The van der Waals surface area contributed by atoms with Crippen LogP contribution in [0.25, 0.3) is 0 Å². The van der Waals surface area contributed by atoms with E-state index >= 15 is 0 Å². The zero-order valence-corrected chi connectivity index (χ0v) is 9.54. The van der Waals surface area contributed by atoms with Crippen LogP contribution in [0.1, 0.15) is 19.3 Å². The average molecular weight is 228 g/mol. The van der Waals surface area contributed by atoms with E-state index in [0.29, 0.717) is 19.1 Å². The molecular weight excluding hydrogens is 208 g/mol. The molecule has 1 amide bonds. The predicted molar refractivity (Wildman–Crippen MR) is 59.2 cm³/mol. The van der Waals surface area contributed by atoms with E-state index in [-0.39, 0.29) is 11.9 Å². The maximum atomic E-state index is 11.7. The first-order valence-electron chi connectivity index (χ1n) is 6.03. The molecule has 2 N–H and O–H groups in total. The van der Waals surface area contributed by atoms with Crippen molar-refractivity contribution in [1.82, 2.24) is 10.6 Å². The van der Waals surface area contributed by atoms with Gasteiger partial charge in [0.25, 0.3) is 0 Å². The number of amides is 1. The molecule has 0 aliphatic carbocycles. The summed E-state index contributed by atoms with van der Waals surface area (Å²) in [6, 6.07) is 0.472. The van der Waals surface area contributed by atoms with Crippen molar-refractivity contribution >= 4 is 5.91 Å². The quantitative estimate of drug-likeness (QED) is 0.694. The van der Waals surface area contributed by atoms with Crippen molar-refractivity contribution in [1.29, 1.82) is 0 Å². The topological polar surface area (TPSA) is 59.6 Å². The Morgan fingerprint density at radius 2 is 2.06 bits per heavy atom. The Hall–Kier alpha value is -0.650. The molecule has 2 rings (SSSR count). The molecule has 2 aliphatic rings. The van der Waals surface area contributed by atoms with Crippen LogP contribution in [-0.2, 0) is 14.3 Å². The summed E-state index contributed by atoms with van der Waals surface area (Å²) in [5, 5.41) is 6.33. The molecule has 2 aliphatic heterocycles. The van der Waals surface area contributed by atoms with Crippen LogP contribution in [0.3, 0.4) is 0 Å². The summed E-state index contributed by atoms with van der Waals surface area (Å²) < 4.78 is 10.6. The number of carbonyl (C=O) groups excluding carboxylic acids is 1. The van der Waals surface area contributed by atoms with Crippen LogP contribution >= 0.6 is 0 Å². The summed E-state index contributed by atoms with van der Waals surface area (Å²) >= 11 is 0. The van der Waals surface area contributed by atoms with E-state index in [1.54, 1.807) is 0 Å². The van der Waals surface area contributed by atoms with Crippen molar-refractivity contribution in [3.8, 4) is 0 Å². The van der Waals surface area contributed by atoms with Gasteiger partial charge < -0.3 is 20.1 Å². The van der Waals surface area contributed by atoms with Gasteiger partial charge in [-0.1, -0.05) is 0 Å². The van der Waals surface area contributed by atoms with Crippen LogP contribution in [0.15, 0.2) is 0 Å². The SMILES string of the molecule is O=C(CC1COCCN1)NC1CCOCC1. The van der Waals surface area contributed by atoms with Crippen LogP contribution in [-0.4, -0.2) is 51.0 Å². The van der Waals surface area contributed by atoms with Gasteiger partial charge in [0.2, 0.25) is 5.91 Å². The molecule has 5 heteroatoms. The van der Waals surface area contributed by atoms with Crippen molar-refractivity contribution in [3.05, 3.63) is 0 Å². The van der Waals surface area contributed by atoms with Crippen molar-refractivity contribution in [2.24, 2.45) is 0 Å². The number of rotatable bonds is 3. The highest BCUT2D eigenvalue weighted by molar-refractivity contribution is 5.76. The summed E-state index contributed by atoms with van der Waals surface area (Å²) in [6.45, 7) is 3.75. The molecule has 0 aromatic rings. The molecule has 0 bridgehead atoms. The summed E-state index contributed by atoms with van der Waals surface area (Å²) in [5.41, 5.74) is 0. The molecule has 1 unspecified atom stereocenters. The number of hydrogen-bond donors (Lipinski definition) is 2. The van der Waals surface area contributed by atoms with Gasteiger partial charge in [-0.05, 0) is 12.8 Å². The van der Waals surface area contributed by atoms with Crippen molar-refractivity contribution in [3.63, 3.8) is 0 Å². The van der Waals surface area contributed by atoms with Crippen LogP contribution in [0, 0.1) is 0 Å². The summed E-state index contributed by atoms with van der Waals surface area (Å²) in [6.07, 6.45) is 2.37. The Morgan fingerprint density at radius 3 is 2.75 bits per heavy atom. The lowest BCUT2D eigenvalue weighted by molar-refractivity contribution is -0.123. The molecule has 1 atom stereocenters. The lowest BCUT2D eigenvalue weighted by Gasteiger charge is -2.26. The van der Waals surface area contributed by atoms with E-state index in [0.717, 1.165) is 39.2 Å². The highest BCUT2D eigenvalue weighted by atomic mass is 16.5. The van der Waals surface area contributed by atoms with E-state index in [4.69, 9.17) is 9.47 Å². The van der Waals surface area contributed by atoms with Gasteiger partial charge in [0, 0.05) is 38.3 Å². The zero-order valence-electron chi connectivity index (χ0n) is 9.54. The Labute approximate surface area is 95.9 Å². The van der Waals surface area contributed by atoms with Gasteiger partial charge in [-0.2, -0.15) is 0 Å². The molecule has 5 nitrogen and oxygen atoms in total. The van der Waals surface area contributed by atoms with Crippen molar-refractivity contribution in [2.45, 2.75) is 31.3 Å². The second-order valence-electron chi connectivity index (χ2n) is 4.38. The number of nitrogens with one attached hydrogen (secondary N) is 2. The summed E-state index contributed by atoms with van der Waals surface area (Å²) in [7, 11) is 0. The highest BCUT2D eigenvalue weighted by Crippen LogP contribution is 2.07. The Bertz CT molecular complexity index is 201. The molecule has 2 fully saturated rings. The van der Waals surface area contributed by atoms with E-state index in [2.05, 4.69) is 10.6 Å². The third-order valence-electron chi connectivity index (χ3n) is 3.02. The fourth-order valence-electron chi connectivity index (χ4n) is 2.10. The summed E-state index contributed by atoms with van der Waals surface area (Å²) in [4.78, 5) is 11.7. The van der Waals surface area contributed by atoms with Crippen LogP contribution in [0.5, 0.6) is 0 Å². The third-order valence-corrected chi connectivity index (χ3v) is 3.02. The Kier molecular flexibility index (Phi) is 4.56. The fourth-order valence-corrected chi connectivity index (χ4v) is 2.10. The fraction of sp³-hybridized carbons (Fsp3) is 0.909.